The Morgan fingerprint density at radius 2 is 2.14 bits per heavy atom. The molecule has 0 bridgehead atoms. The summed E-state index contributed by atoms with van der Waals surface area (Å²) in [6, 6.07) is 0. The van der Waals surface area contributed by atoms with Gasteiger partial charge in [-0.1, -0.05) is 37.1 Å². The highest BCUT2D eigenvalue weighted by Crippen LogP contribution is 2.28. The third-order valence-corrected chi connectivity index (χ3v) is 3.06. The molecule has 0 spiro atoms. The van der Waals surface area contributed by atoms with Gasteiger partial charge in [-0.25, -0.2) is 0 Å². The number of rotatable bonds is 3. The van der Waals surface area contributed by atoms with Crippen LogP contribution in [0.4, 0.5) is 0 Å². The molecule has 0 aromatic rings. The smallest absolute Gasteiger partial charge is 0.0266 e. The van der Waals surface area contributed by atoms with Gasteiger partial charge in [0.1, 0.15) is 0 Å². The first-order valence-corrected chi connectivity index (χ1v) is 5.75. The second-order valence-corrected chi connectivity index (χ2v) is 4.15. The fourth-order valence-electron chi connectivity index (χ4n) is 1.98. The molecule has 0 N–H and O–H groups in total. The molecule has 1 aliphatic rings. The molecule has 0 fully saturated rings. The number of hydrogen-bond acceptors (Lipinski definition) is 0. The third-order valence-electron chi connectivity index (χ3n) is 3.06. The van der Waals surface area contributed by atoms with E-state index in [1.807, 2.05) is 0 Å². The monoisotopic (exact) mass is 190 g/mol. The SMILES string of the molecule is CCC1=C(C)CCC=C1/C=C(\C)CC. The summed E-state index contributed by atoms with van der Waals surface area (Å²) in [6.45, 7) is 8.98. The quantitative estimate of drug-likeness (QED) is 0.600. The van der Waals surface area contributed by atoms with E-state index in [1.165, 1.54) is 30.4 Å². The van der Waals surface area contributed by atoms with Crippen molar-refractivity contribution < 1.29 is 0 Å². The van der Waals surface area contributed by atoms with Crippen LogP contribution in [0, 0.1) is 0 Å². The molecule has 0 nitrogen and oxygen atoms in total. The van der Waals surface area contributed by atoms with Crippen LogP contribution in [0.25, 0.3) is 0 Å². The van der Waals surface area contributed by atoms with Crippen molar-refractivity contribution in [1.82, 2.24) is 0 Å². The maximum absolute atomic E-state index is 2.39. The Labute approximate surface area is 88.4 Å². The van der Waals surface area contributed by atoms with E-state index in [9.17, 15) is 0 Å². The molecular formula is C14H22. The number of hydrogen-bond donors (Lipinski definition) is 0. The molecule has 0 amide bonds. The van der Waals surface area contributed by atoms with Gasteiger partial charge in [-0.3, -0.25) is 0 Å². The van der Waals surface area contributed by atoms with Gasteiger partial charge < -0.3 is 0 Å². The molecule has 0 aliphatic heterocycles. The van der Waals surface area contributed by atoms with E-state index in [0.29, 0.717) is 0 Å². The summed E-state index contributed by atoms with van der Waals surface area (Å²) in [7, 11) is 0. The van der Waals surface area contributed by atoms with Gasteiger partial charge in [0.15, 0.2) is 0 Å². The minimum absolute atomic E-state index is 1.16. The van der Waals surface area contributed by atoms with E-state index in [0.717, 1.165) is 6.42 Å². The maximum atomic E-state index is 2.39. The lowest BCUT2D eigenvalue weighted by Gasteiger charge is -2.17. The Balaban J connectivity index is 2.93. The first kappa shape index (κ1) is 11.3. The molecule has 1 aliphatic carbocycles. The van der Waals surface area contributed by atoms with Crippen molar-refractivity contribution in [3.05, 3.63) is 34.4 Å². The van der Waals surface area contributed by atoms with Gasteiger partial charge in [-0.15, -0.1) is 0 Å². The second kappa shape index (κ2) is 5.19. The molecule has 78 valence electrons. The van der Waals surface area contributed by atoms with Crippen LogP contribution in [0.3, 0.4) is 0 Å². The zero-order valence-electron chi connectivity index (χ0n) is 9.98. The van der Waals surface area contributed by atoms with Crippen molar-refractivity contribution in [2.75, 3.05) is 0 Å². The standard InChI is InChI=1S/C14H22/c1-5-11(3)10-13-9-7-8-12(4)14(13)6-2/h9-10H,5-8H2,1-4H3/b11-10+. The Hall–Kier alpha value is -0.780. The van der Waals surface area contributed by atoms with E-state index >= 15 is 0 Å². The van der Waals surface area contributed by atoms with Crippen LogP contribution in [0.2, 0.25) is 0 Å². The molecule has 0 saturated carbocycles. The third kappa shape index (κ3) is 2.60. The lowest BCUT2D eigenvalue weighted by atomic mass is 9.89. The molecule has 0 heteroatoms. The molecule has 14 heavy (non-hydrogen) atoms. The van der Waals surface area contributed by atoms with Crippen LogP contribution >= 0.6 is 0 Å². The molecule has 0 atom stereocenters. The Kier molecular flexibility index (Phi) is 4.19. The van der Waals surface area contributed by atoms with Gasteiger partial charge in [0.05, 0.1) is 0 Å². The maximum Gasteiger partial charge on any atom is -0.0266 e. The first-order valence-electron chi connectivity index (χ1n) is 5.75. The summed E-state index contributed by atoms with van der Waals surface area (Å²) in [5, 5.41) is 0. The fraction of sp³-hybridized carbons (Fsp3) is 0.571. The van der Waals surface area contributed by atoms with Crippen molar-refractivity contribution in [2.45, 2.75) is 53.4 Å². The second-order valence-electron chi connectivity index (χ2n) is 4.15. The average molecular weight is 190 g/mol. The topological polar surface area (TPSA) is 0 Å². The van der Waals surface area contributed by atoms with Crippen LogP contribution in [0.5, 0.6) is 0 Å². The van der Waals surface area contributed by atoms with Gasteiger partial charge in [0, 0.05) is 0 Å². The molecule has 0 saturated heterocycles. The normalized spacial score (nSPS) is 18.6. The van der Waals surface area contributed by atoms with E-state index in [1.54, 1.807) is 11.1 Å². The zero-order valence-corrected chi connectivity index (χ0v) is 9.98. The largest absolute Gasteiger partial charge is 0.0767 e. The van der Waals surface area contributed by atoms with E-state index < -0.39 is 0 Å². The van der Waals surface area contributed by atoms with Crippen LogP contribution in [-0.2, 0) is 0 Å². The molecule has 0 aromatic heterocycles. The lowest BCUT2D eigenvalue weighted by Crippen LogP contribution is -1.97. The Bertz CT molecular complexity index is 287. The molecular weight excluding hydrogens is 168 g/mol. The van der Waals surface area contributed by atoms with Gasteiger partial charge in [0.2, 0.25) is 0 Å². The highest BCUT2D eigenvalue weighted by atomic mass is 14.1. The van der Waals surface area contributed by atoms with Crippen LogP contribution < -0.4 is 0 Å². The van der Waals surface area contributed by atoms with E-state index in [2.05, 4.69) is 39.8 Å². The molecule has 0 aromatic carbocycles. The predicted octanol–water partition coefficient (Wildman–Crippen LogP) is 4.79. The van der Waals surface area contributed by atoms with Crippen LogP contribution in [0.1, 0.15) is 53.4 Å². The van der Waals surface area contributed by atoms with E-state index in [-0.39, 0.29) is 0 Å². The van der Waals surface area contributed by atoms with Crippen molar-refractivity contribution in [1.29, 1.82) is 0 Å². The van der Waals surface area contributed by atoms with Crippen LogP contribution in [-0.4, -0.2) is 0 Å². The van der Waals surface area contributed by atoms with Crippen molar-refractivity contribution >= 4 is 0 Å². The molecule has 1 rings (SSSR count). The van der Waals surface area contributed by atoms with Crippen molar-refractivity contribution in [2.24, 2.45) is 0 Å². The Morgan fingerprint density at radius 3 is 2.71 bits per heavy atom. The summed E-state index contributed by atoms with van der Waals surface area (Å²) in [5.41, 5.74) is 6.13. The summed E-state index contributed by atoms with van der Waals surface area (Å²) in [4.78, 5) is 0. The van der Waals surface area contributed by atoms with Gasteiger partial charge >= 0.3 is 0 Å². The van der Waals surface area contributed by atoms with Crippen molar-refractivity contribution in [3.63, 3.8) is 0 Å². The van der Waals surface area contributed by atoms with Gasteiger partial charge in [-0.2, -0.15) is 0 Å². The summed E-state index contributed by atoms with van der Waals surface area (Å²) >= 11 is 0. The van der Waals surface area contributed by atoms with Gasteiger partial charge in [-0.05, 0) is 50.7 Å². The minimum atomic E-state index is 1.16. The molecule has 0 unspecified atom stereocenters. The fourth-order valence-corrected chi connectivity index (χ4v) is 1.98. The summed E-state index contributed by atoms with van der Waals surface area (Å²) in [5.74, 6) is 0. The molecule has 0 heterocycles. The Morgan fingerprint density at radius 1 is 1.43 bits per heavy atom. The predicted molar refractivity (Wildman–Crippen MR) is 64.4 cm³/mol. The summed E-state index contributed by atoms with van der Waals surface area (Å²) in [6.07, 6.45) is 9.56. The van der Waals surface area contributed by atoms with Crippen molar-refractivity contribution in [3.8, 4) is 0 Å². The average Bonchev–Trinajstić information content (AvgIpc) is 2.18. The van der Waals surface area contributed by atoms with Crippen LogP contribution in [0.15, 0.2) is 34.4 Å². The lowest BCUT2D eigenvalue weighted by molar-refractivity contribution is 0.895. The highest BCUT2D eigenvalue weighted by Gasteiger charge is 2.09. The summed E-state index contributed by atoms with van der Waals surface area (Å²) < 4.78 is 0. The zero-order chi connectivity index (χ0) is 10.6. The molecule has 0 radical (unpaired) electrons. The highest BCUT2D eigenvalue weighted by molar-refractivity contribution is 5.45. The minimum Gasteiger partial charge on any atom is -0.0767 e. The van der Waals surface area contributed by atoms with Gasteiger partial charge in [0.25, 0.3) is 0 Å². The first-order chi connectivity index (χ1) is 6.69. The number of allylic oxidation sites excluding steroid dienone is 6. The van der Waals surface area contributed by atoms with E-state index in [4.69, 9.17) is 0 Å².